The van der Waals surface area contributed by atoms with Crippen LogP contribution in [0, 0.1) is 0 Å². The zero-order chi connectivity index (χ0) is 31.6. The second-order valence-electron chi connectivity index (χ2n) is 13.5. The summed E-state index contributed by atoms with van der Waals surface area (Å²) in [6, 6.07) is -0.703. The van der Waals surface area contributed by atoms with Crippen molar-refractivity contribution in [1.82, 2.24) is 5.32 Å². The molecule has 0 rings (SSSR count). The molecule has 43 heavy (non-hydrogen) atoms. The number of hydrogen-bond acceptors (Lipinski definition) is 4. The second-order valence-corrected chi connectivity index (χ2v) is 13.5. The number of amides is 1. The summed E-state index contributed by atoms with van der Waals surface area (Å²) in [5.74, 6) is -0.468. The van der Waals surface area contributed by atoms with Crippen molar-refractivity contribution in [2.45, 2.75) is 231 Å². The number of unbranched alkanes of at least 4 members (excludes halogenated alkanes) is 27. The molecular weight excluding hydrogens is 534 g/mol. The minimum atomic E-state index is -1.07. The van der Waals surface area contributed by atoms with Crippen molar-refractivity contribution in [2.75, 3.05) is 6.61 Å². The number of rotatable bonds is 35. The van der Waals surface area contributed by atoms with E-state index in [-0.39, 0.29) is 6.61 Å². The van der Waals surface area contributed by atoms with E-state index >= 15 is 0 Å². The lowest BCUT2D eigenvalue weighted by Gasteiger charge is -2.23. The van der Waals surface area contributed by atoms with E-state index in [1.807, 2.05) is 0 Å². The van der Waals surface area contributed by atoms with Crippen molar-refractivity contribution in [1.29, 1.82) is 0 Å². The van der Waals surface area contributed by atoms with E-state index in [0.717, 1.165) is 32.1 Å². The summed E-state index contributed by atoms with van der Waals surface area (Å²) in [7, 11) is 0. The van der Waals surface area contributed by atoms with Crippen molar-refractivity contribution in [2.24, 2.45) is 0 Å². The minimum absolute atomic E-state index is 0.308. The molecule has 0 aromatic rings. The Bertz CT molecular complexity index is 558. The minimum Gasteiger partial charge on any atom is -0.394 e. The Labute approximate surface area is 268 Å². The van der Waals surface area contributed by atoms with Crippen LogP contribution < -0.4 is 5.32 Å². The highest BCUT2D eigenvalue weighted by atomic mass is 16.3. The van der Waals surface area contributed by atoms with Crippen molar-refractivity contribution >= 4 is 5.91 Å². The van der Waals surface area contributed by atoms with Gasteiger partial charge in [-0.1, -0.05) is 200 Å². The average molecular weight is 612 g/mol. The zero-order valence-corrected chi connectivity index (χ0v) is 29.1. The fraction of sp³-hybridized carbons (Fsp3) is 0.974. The molecule has 0 aromatic heterocycles. The lowest BCUT2D eigenvalue weighted by atomic mass is 10.0. The summed E-state index contributed by atoms with van der Waals surface area (Å²) in [5, 5.41) is 33.1. The van der Waals surface area contributed by atoms with Crippen LogP contribution in [0.2, 0.25) is 0 Å². The number of hydrogen-bond donors (Lipinski definition) is 4. The van der Waals surface area contributed by atoms with E-state index in [0.29, 0.717) is 12.8 Å². The van der Waals surface area contributed by atoms with Crippen LogP contribution in [0.4, 0.5) is 0 Å². The fourth-order valence-electron chi connectivity index (χ4n) is 6.13. The van der Waals surface area contributed by atoms with Crippen LogP contribution in [0.3, 0.4) is 0 Å². The van der Waals surface area contributed by atoms with E-state index in [1.165, 1.54) is 154 Å². The molecule has 4 N–H and O–H groups in total. The van der Waals surface area contributed by atoms with Crippen LogP contribution in [0.5, 0.6) is 0 Å². The summed E-state index contributed by atoms with van der Waals surface area (Å²) in [5.41, 5.74) is 0. The quantitative estimate of drug-likeness (QED) is 0.0537. The molecule has 0 saturated heterocycles. The SMILES string of the molecule is CCCCCCCCCCCCCCCCCC[C@@H](O)C(=O)N[C@@H](CO)[C@H](O)CCCCCCCCCCCCCCC. The maximum atomic E-state index is 12.4. The van der Waals surface area contributed by atoms with Gasteiger partial charge in [0.1, 0.15) is 6.10 Å². The molecule has 0 spiro atoms. The van der Waals surface area contributed by atoms with E-state index in [9.17, 15) is 20.1 Å². The third-order valence-corrected chi connectivity index (χ3v) is 9.23. The summed E-state index contributed by atoms with van der Waals surface area (Å²) < 4.78 is 0. The Balaban J connectivity index is 3.63. The molecule has 5 heteroatoms. The maximum Gasteiger partial charge on any atom is 0.249 e. The Morgan fingerprint density at radius 2 is 0.744 bits per heavy atom. The number of carbonyl (C=O) groups excluding carboxylic acids is 1. The number of aliphatic hydroxyl groups excluding tert-OH is 3. The largest absolute Gasteiger partial charge is 0.394 e. The third-order valence-electron chi connectivity index (χ3n) is 9.23. The van der Waals surface area contributed by atoms with Gasteiger partial charge in [0.2, 0.25) is 5.91 Å². The Morgan fingerprint density at radius 3 is 1.05 bits per heavy atom. The predicted molar refractivity (Wildman–Crippen MR) is 186 cm³/mol. The van der Waals surface area contributed by atoms with Gasteiger partial charge in [-0.2, -0.15) is 0 Å². The van der Waals surface area contributed by atoms with Crippen molar-refractivity contribution < 1.29 is 20.1 Å². The molecule has 0 aliphatic heterocycles. The molecule has 0 saturated carbocycles. The van der Waals surface area contributed by atoms with Crippen LogP contribution in [-0.2, 0) is 4.79 Å². The molecule has 0 radical (unpaired) electrons. The molecule has 0 aliphatic rings. The summed E-state index contributed by atoms with van der Waals surface area (Å²) >= 11 is 0. The number of aliphatic hydroxyl groups is 3. The zero-order valence-electron chi connectivity index (χ0n) is 29.1. The molecule has 0 aromatic carbocycles. The fourth-order valence-corrected chi connectivity index (χ4v) is 6.13. The standard InChI is InChI=1S/C38H77NO4/c1-3-5-7-9-11-13-15-17-18-19-21-23-25-27-29-31-33-37(42)38(43)39-35(34-40)36(41)32-30-28-26-24-22-20-16-14-12-10-8-6-4-2/h35-37,40-42H,3-34H2,1-2H3,(H,39,43)/t35-,36+,37+/m0/s1. The number of nitrogens with one attached hydrogen (secondary N) is 1. The second kappa shape index (κ2) is 34.2. The van der Waals surface area contributed by atoms with Gasteiger partial charge >= 0.3 is 0 Å². The third kappa shape index (κ3) is 29.8. The smallest absolute Gasteiger partial charge is 0.249 e. The van der Waals surface area contributed by atoms with E-state index < -0.39 is 24.2 Å². The van der Waals surface area contributed by atoms with Crippen LogP contribution >= 0.6 is 0 Å². The van der Waals surface area contributed by atoms with Crippen LogP contribution in [0.1, 0.15) is 213 Å². The first-order valence-electron chi connectivity index (χ1n) is 19.3. The van der Waals surface area contributed by atoms with Crippen molar-refractivity contribution in [3.05, 3.63) is 0 Å². The van der Waals surface area contributed by atoms with Crippen LogP contribution in [0.15, 0.2) is 0 Å². The van der Waals surface area contributed by atoms with E-state index in [2.05, 4.69) is 19.2 Å². The van der Waals surface area contributed by atoms with Gasteiger partial charge in [-0.05, 0) is 12.8 Å². The monoisotopic (exact) mass is 612 g/mol. The first-order chi connectivity index (χ1) is 21.1. The van der Waals surface area contributed by atoms with Gasteiger partial charge in [0.05, 0.1) is 18.8 Å². The van der Waals surface area contributed by atoms with Gasteiger partial charge < -0.3 is 20.6 Å². The van der Waals surface area contributed by atoms with Crippen LogP contribution in [-0.4, -0.2) is 46.1 Å². The first-order valence-corrected chi connectivity index (χ1v) is 19.3. The topological polar surface area (TPSA) is 89.8 Å². The highest BCUT2D eigenvalue weighted by Gasteiger charge is 2.23. The normalized spacial score (nSPS) is 13.7. The van der Waals surface area contributed by atoms with Gasteiger partial charge in [0, 0.05) is 0 Å². The molecule has 5 nitrogen and oxygen atoms in total. The molecule has 258 valence electrons. The highest BCUT2D eigenvalue weighted by molar-refractivity contribution is 5.80. The van der Waals surface area contributed by atoms with Crippen molar-refractivity contribution in [3.63, 3.8) is 0 Å². The van der Waals surface area contributed by atoms with Gasteiger partial charge in [-0.15, -0.1) is 0 Å². The van der Waals surface area contributed by atoms with E-state index in [4.69, 9.17) is 0 Å². The molecule has 3 atom stereocenters. The highest BCUT2D eigenvalue weighted by Crippen LogP contribution is 2.16. The van der Waals surface area contributed by atoms with Gasteiger partial charge in [-0.3, -0.25) is 4.79 Å². The summed E-state index contributed by atoms with van der Waals surface area (Å²) in [6.07, 6.45) is 36.6. The molecular formula is C38H77NO4. The first kappa shape index (κ1) is 42.3. The van der Waals surface area contributed by atoms with Gasteiger partial charge in [0.25, 0.3) is 0 Å². The summed E-state index contributed by atoms with van der Waals surface area (Å²) in [6.45, 7) is 4.23. The molecule has 0 unspecified atom stereocenters. The predicted octanol–water partition coefficient (Wildman–Crippen LogP) is 10.3. The lowest BCUT2D eigenvalue weighted by Crippen LogP contribution is -2.49. The van der Waals surface area contributed by atoms with E-state index in [1.54, 1.807) is 0 Å². The molecule has 0 fully saturated rings. The average Bonchev–Trinajstić information content (AvgIpc) is 3.01. The number of carbonyl (C=O) groups is 1. The molecule has 0 aliphatic carbocycles. The Morgan fingerprint density at radius 1 is 0.465 bits per heavy atom. The van der Waals surface area contributed by atoms with Gasteiger partial charge in [-0.25, -0.2) is 0 Å². The Kier molecular flexibility index (Phi) is 33.7. The van der Waals surface area contributed by atoms with Crippen molar-refractivity contribution in [3.8, 4) is 0 Å². The summed E-state index contributed by atoms with van der Waals surface area (Å²) in [4.78, 5) is 12.4. The maximum absolute atomic E-state index is 12.4. The van der Waals surface area contributed by atoms with Gasteiger partial charge in [0.15, 0.2) is 0 Å². The lowest BCUT2D eigenvalue weighted by molar-refractivity contribution is -0.131. The van der Waals surface area contributed by atoms with Crippen LogP contribution in [0.25, 0.3) is 0 Å². The molecule has 1 amide bonds. The molecule has 0 heterocycles. The Hall–Kier alpha value is -0.650. The molecule has 0 bridgehead atoms.